The molecule has 88 valence electrons. The average molecular weight is 261 g/mol. The van der Waals surface area contributed by atoms with Crippen molar-refractivity contribution < 1.29 is 8.42 Å². The Kier molecular flexibility index (Phi) is 3.35. The van der Waals surface area contributed by atoms with Crippen LogP contribution in [0.3, 0.4) is 0 Å². The Labute approximate surface area is 100 Å². The van der Waals surface area contributed by atoms with E-state index in [1.54, 1.807) is 12.4 Å². The van der Waals surface area contributed by atoms with Crippen LogP contribution in [0.2, 0.25) is 0 Å². The van der Waals surface area contributed by atoms with E-state index < -0.39 is 9.84 Å². The molecule has 0 aromatic carbocycles. The number of pyridine rings is 1. The first-order valence-corrected chi connectivity index (χ1v) is 7.42. The van der Waals surface area contributed by atoms with E-state index in [0.717, 1.165) is 11.3 Å². The maximum absolute atomic E-state index is 11.3. The molecule has 1 fully saturated rings. The molecular formula is C10H13ClN2O2S. The maximum atomic E-state index is 11.3. The average Bonchev–Trinajstić information content (AvgIpc) is 2.29. The third kappa shape index (κ3) is 2.47. The molecule has 0 unspecified atom stereocenters. The van der Waals surface area contributed by atoms with Gasteiger partial charge in [0, 0.05) is 25.2 Å². The molecule has 0 atom stereocenters. The summed E-state index contributed by atoms with van der Waals surface area (Å²) in [6, 6.07) is 1.87. The van der Waals surface area contributed by atoms with E-state index in [1.165, 1.54) is 0 Å². The first kappa shape index (κ1) is 11.7. The summed E-state index contributed by atoms with van der Waals surface area (Å²) in [7, 11) is -2.84. The number of aromatic nitrogens is 1. The number of alkyl halides is 1. The van der Waals surface area contributed by atoms with Crippen LogP contribution in [0.5, 0.6) is 0 Å². The zero-order chi connectivity index (χ0) is 11.6. The van der Waals surface area contributed by atoms with Crippen LogP contribution in [-0.4, -0.2) is 38.0 Å². The van der Waals surface area contributed by atoms with E-state index >= 15 is 0 Å². The predicted octanol–water partition coefficient (Wildman–Crippen LogP) is 1.06. The second-order valence-electron chi connectivity index (χ2n) is 3.78. The van der Waals surface area contributed by atoms with Crippen LogP contribution in [0.4, 0.5) is 5.69 Å². The van der Waals surface area contributed by atoms with Crippen LogP contribution < -0.4 is 4.90 Å². The quantitative estimate of drug-likeness (QED) is 0.746. The number of rotatable bonds is 2. The van der Waals surface area contributed by atoms with Gasteiger partial charge < -0.3 is 4.90 Å². The van der Waals surface area contributed by atoms with Crippen molar-refractivity contribution in [2.75, 3.05) is 29.5 Å². The highest BCUT2D eigenvalue weighted by Crippen LogP contribution is 2.22. The molecule has 4 nitrogen and oxygen atoms in total. The van der Waals surface area contributed by atoms with Gasteiger partial charge in [-0.15, -0.1) is 11.6 Å². The standard InChI is InChI=1S/C10H13ClN2O2S/c11-7-9-1-2-12-8-10(9)13-3-5-16(14,15)6-4-13/h1-2,8H,3-7H2. The number of sulfone groups is 1. The van der Waals surface area contributed by atoms with Crippen LogP contribution in [0.15, 0.2) is 18.5 Å². The van der Waals surface area contributed by atoms with Gasteiger partial charge in [0.1, 0.15) is 0 Å². The van der Waals surface area contributed by atoms with Gasteiger partial charge in [-0.3, -0.25) is 4.98 Å². The molecule has 1 aliphatic heterocycles. The Morgan fingerprint density at radius 3 is 2.69 bits per heavy atom. The minimum atomic E-state index is -2.84. The van der Waals surface area contributed by atoms with Crippen molar-refractivity contribution in [1.29, 1.82) is 0 Å². The highest BCUT2D eigenvalue weighted by Gasteiger charge is 2.22. The lowest BCUT2D eigenvalue weighted by atomic mass is 10.2. The van der Waals surface area contributed by atoms with Crippen molar-refractivity contribution in [1.82, 2.24) is 4.98 Å². The fourth-order valence-electron chi connectivity index (χ4n) is 1.77. The topological polar surface area (TPSA) is 50.3 Å². The molecule has 1 aliphatic rings. The SMILES string of the molecule is O=S1(=O)CCN(c2cnccc2CCl)CC1. The summed E-state index contributed by atoms with van der Waals surface area (Å²) in [5.74, 6) is 0.842. The fraction of sp³-hybridized carbons (Fsp3) is 0.500. The van der Waals surface area contributed by atoms with E-state index in [-0.39, 0.29) is 11.5 Å². The Hall–Kier alpha value is -0.810. The largest absolute Gasteiger partial charge is 0.368 e. The first-order chi connectivity index (χ1) is 7.62. The summed E-state index contributed by atoms with van der Waals surface area (Å²) in [4.78, 5) is 6.09. The summed E-state index contributed by atoms with van der Waals surface area (Å²) >= 11 is 5.83. The highest BCUT2D eigenvalue weighted by molar-refractivity contribution is 7.91. The fourth-order valence-corrected chi connectivity index (χ4v) is 3.19. The van der Waals surface area contributed by atoms with Gasteiger partial charge >= 0.3 is 0 Å². The minimum absolute atomic E-state index is 0.212. The van der Waals surface area contributed by atoms with Crippen molar-refractivity contribution >= 4 is 27.1 Å². The van der Waals surface area contributed by atoms with Crippen molar-refractivity contribution in [2.45, 2.75) is 5.88 Å². The summed E-state index contributed by atoms with van der Waals surface area (Å²) in [5.41, 5.74) is 1.95. The summed E-state index contributed by atoms with van der Waals surface area (Å²) in [6.45, 7) is 1.05. The molecule has 0 bridgehead atoms. The molecule has 0 amide bonds. The summed E-state index contributed by atoms with van der Waals surface area (Å²) < 4.78 is 22.6. The van der Waals surface area contributed by atoms with E-state index in [4.69, 9.17) is 11.6 Å². The van der Waals surface area contributed by atoms with Gasteiger partial charge in [-0.1, -0.05) is 0 Å². The molecule has 0 saturated carbocycles. The second-order valence-corrected chi connectivity index (χ2v) is 6.35. The smallest absolute Gasteiger partial charge is 0.153 e. The van der Waals surface area contributed by atoms with Crippen molar-refractivity contribution in [2.24, 2.45) is 0 Å². The van der Waals surface area contributed by atoms with Gasteiger partial charge in [-0.05, 0) is 11.6 Å². The summed E-state index contributed by atoms with van der Waals surface area (Å²) in [5, 5.41) is 0. The Bertz CT molecular complexity index is 461. The molecule has 0 aliphatic carbocycles. The lowest BCUT2D eigenvalue weighted by Gasteiger charge is -2.29. The Balaban J connectivity index is 2.20. The second kappa shape index (κ2) is 4.59. The van der Waals surface area contributed by atoms with E-state index in [0.29, 0.717) is 19.0 Å². The molecule has 2 heterocycles. The molecule has 0 N–H and O–H groups in total. The van der Waals surface area contributed by atoms with Crippen LogP contribution in [0, 0.1) is 0 Å². The number of hydrogen-bond acceptors (Lipinski definition) is 4. The van der Waals surface area contributed by atoms with Gasteiger partial charge in [0.25, 0.3) is 0 Å². The molecule has 16 heavy (non-hydrogen) atoms. The van der Waals surface area contributed by atoms with E-state index in [9.17, 15) is 8.42 Å². The van der Waals surface area contributed by atoms with Crippen LogP contribution >= 0.6 is 11.6 Å². The third-order valence-corrected chi connectivity index (χ3v) is 4.61. The van der Waals surface area contributed by atoms with Gasteiger partial charge in [0.05, 0.1) is 23.4 Å². The monoisotopic (exact) mass is 260 g/mol. The zero-order valence-electron chi connectivity index (χ0n) is 8.76. The minimum Gasteiger partial charge on any atom is -0.368 e. The first-order valence-electron chi connectivity index (χ1n) is 5.06. The number of halogens is 1. The van der Waals surface area contributed by atoms with E-state index in [2.05, 4.69) is 4.98 Å². The number of hydrogen-bond donors (Lipinski definition) is 0. The van der Waals surface area contributed by atoms with E-state index in [1.807, 2.05) is 11.0 Å². The molecule has 0 spiro atoms. The van der Waals surface area contributed by atoms with Crippen molar-refractivity contribution in [3.05, 3.63) is 24.0 Å². The predicted molar refractivity (Wildman–Crippen MR) is 64.7 cm³/mol. The lowest BCUT2D eigenvalue weighted by Crippen LogP contribution is -2.40. The number of anilines is 1. The molecule has 2 rings (SSSR count). The van der Waals surface area contributed by atoms with Gasteiger partial charge in [0.2, 0.25) is 0 Å². The molecule has 1 saturated heterocycles. The van der Waals surface area contributed by atoms with Crippen molar-refractivity contribution in [3.63, 3.8) is 0 Å². The Morgan fingerprint density at radius 2 is 2.06 bits per heavy atom. The maximum Gasteiger partial charge on any atom is 0.153 e. The molecule has 6 heteroatoms. The summed E-state index contributed by atoms with van der Waals surface area (Å²) in [6.07, 6.45) is 3.44. The normalized spacial score (nSPS) is 19.7. The zero-order valence-corrected chi connectivity index (χ0v) is 10.3. The van der Waals surface area contributed by atoms with Crippen molar-refractivity contribution in [3.8, 4) is 0 Å². The van der Waals surface area contributed by atoms with Gasteiger partial charge in [-0.25, -0.2) is 8.42 Å². The molecule has 1 aromatic heterocycles. The number of nitrogens with zero attached hydrogens (tertiary/aromatic N) is 2. The highest BCUT2D eigenvalue weighted by atomic mass is 35.5. The lowest BCUT2D eigenvalue weighted by molar-refractivity contribution is 0.586. The molecule has 0 radical (unpaired) electrons. The van der Waals surface area contributed by atoms with Crippen LogP contribution in [0.1, 0.15) is 5.56 Å². The third-order valence-electron chi connectivity index (χ3n) is 2.72. The van der Waals surface area contributed by atoms with Crippen LogP contribution in [0.25, 0.3) is 0 Å². The Morgan fingerprint density at radius 1 is 1.38 bits per heavy atom. The van der Waals surface area contributed by atoms with Gasteiger partial charge in [0.15, 0.2) is 9.84 Å². The van der Waals surface area contributed by atoms with Crippen LogP contribution in [-0.2, 0) is 15.7 Å². The molecule has 1 aromatic rings. The molecular weight excluding hydrogens is 248 g/mol. The van der Waals surface area contributed by atoms with Gasteiger partial charge in [-0.2, -0.15) is 0 Å².